The first-order valence-electron chi connectivity index (χ1n) is 7.39. The number of carbonyl (C=O) groups is 1. The van der Waals surface area contributed by atoms with E-state index in [4.69, 9.17) is 13.9 Å². The largest absolute Gasteiger partial charge is 0.440 e. The van der Waals surface area contributed by atoms with Gasteiger partial charge in [0.05, 0.1) is 25.7 Å². The Morgan fingerprint density at radius 2 is 2.14 bits per heavy atom. The molecule has 1 amide bonds. The Bertz CT molecular complexity index is 564. The highest BCUT2D eigenvalue weighted by Crippen LogP contribution is 2.20. The van der Waals surface area contributed by atoms with Crippen molar-refractivity contribution in [1.29, 1.82) is 0 Å². The number of nitrogens with zero attached hydrogens (tertiary/aromatic N) is 1. The molecule has 2 aromatic rings. The Labute approximate surface area is 129 Å². The standard InChI is InChI=1S/C16H22N2O4/c1-12(11-17-15(19)7-8-21-10-9-20-2)16-18-13-5-3-4-6-14(13)22-16/h3-6,12H,7-11H2,1-2H3,(H,17,19). The number of amides is 1. The zero-order chi connectivity index (χ0) is 15.8. The lowest BCUT2D eigenvalue weighted by Gasteiger charge is -2.09. The Balaban J connectivity index is 1.72. The fourth-order valence-electron chi connectivity index (χ4n) is 1.95. The van der Waals surface area contributed by atoms with Crippen LogP contribution in [0, 0.1) is 0 Å². The summed E-state index contributed by atoms with van der Waals surface area (Å²) >= 11 is 0. The number of methoxy groups -OCH3 is 1. The molecule has 1 heterocycles. The molecule has 0 aliphatic carbocycles. The molecule has 0 fully saturated rings. The molecule has 0 saturated heterocycles. The van der Waals surface area contributed by atoms with Crippen LogP contribution in [0.4, 0.5) is 0 Å². The maximum Gasteiger partial charge on any atom is 0.222 e. The van der Waals surface area contributed by atoms with Crippen LogP contribution < -0.4 is 5.32 Å². The molecule has 0 saturated carbocycles. The number of rotatable bonds is 9. The van der Waals surface area contributed by atoms with Gasteiger partial charge in [0.25, 0.3) is 0 Å². The third kappa shape index (κ3) is 4.82. The lowest BCUT2D eigenvalue weighted by molar-refractivity contribution is -0.122. The Morgan fingerprint density at radius 3 is 2.91 bits per heavy atom. The molecule has 1 aromatic carbocycles. The van der Waals surface area contributed by atoms with Crippen LogP contribution in [0.1, 0.15) is 25.2 Å². The summed E-state index contributed by atoms with van der Waals surface area (Å²) < 4.78 is 15.8. The van der Waals surface area contributed by atoms with E-state index in [2.05, 4.69) is 10.3 Å². The van der Waals surface area contributed by atoms with Crippen molar-refractivity contribution in [3.63, 3.8) is 0 Å². The molecule has 0 radical (unpaired) electrons. The Morgan fingerprint density at radius 1 is 1.32 bits per heavy atom. The molecule has 1 atom stereocenters. The zero-order valence-electron chi connectivity index (χ0n) is 13.0. The van der Waals surface area contributed by atoms with Crippen LogP contribution >= 0.6 is 0 Å². The van der Waals surface area contributed by atoms with E-state index < -0.39 is 0 Å². The van der Waals surface area contributed by atoms with E-state index in [9.17, 15) is 4.79 Å². The van der Waals surface area contributed by atoms with Crippen molar-refractivity contribution in [2.75, 3.05) is 33.5 Å². The van der Waals surface area contributed by atoms with E-state index in [0.717, 1.165) is 11.1 Å². The predicted octanol–water partition coefficient (Wildman–Crippen LogP) is 2.10. The summed E-state index contributed by atoms with van der Waals surface area (Å²) in [6.45, 7) is 3.90. The topological polar surface area (TPSA) is 73.6 Å². The highest BCUT2D eigenvalue weighted by Gasteiger charge is 2.14. The van der Waals surface area contributed by atoms with Crippen LogP contribution in [0.5, 0.6) is 0 Å². The van der Waals surface area contributed by atoms with E-state index in [1.54, 1.807) is 7.11 Å². The number of fused-ring (bicyclic) bond motifs is 1. The van der Waals surface area contributed by atoms with Crippen molar-refractivity contribution in [2.45, 2.75) is 19.3 Å². The number of hydrogen-bond acceptors (Lipinski definition) is 5. The molecule has 1 unspecified atom stereocenters. The molecule has 120 valence electrons. The number of para-hydroxylation sites is 2. The van der Waals surface area contributed by atoms with Gasteiger partial charge in [0, 0.05) is 20.1 Å². The van der Waals surface area contributed by atoms with Gasteiger partial charge in [-0.1, -0.05) is 19.1 Å². The van der Waals surface area contributed by atoms with Gasteiger partial charge in [-0.2, -0.15) is 0 Å². The van der Waals surface area contributed by atoms with Crippen molar-refractivity contribution >= 4 is 17.0 Å². The summed E-state index contributed by atoms with van der Waals surface area (Å²) in [5, 5.41) is 2.87. The number of aromatic nitrogens is 1. The van der Waals surface area contributed by atoms with Gasteiger partial charge in [-0.3, -0.25) is 4.79 Å². The van der Waals surface area contributed by atoms with Gasteiger partial charge in [0.15, 0.2) is 11.5 Å². The van der Waals surface area contributed by atoms with Crippen LogP contribution in [0.3, 0.4) is 0 Å². The van der Waals surface area contributed by atoms with Crippen LogP contribution in [-0.2, 0) is 14.3 Å². The number of hydrogen-bond donors (Lipinski definition) is 1. The highest BCUT2D eigenvalue weighted by atomic mass is 16.5. The molecule has 0 spiro atoms. The maximum absolute atomic E-state index is 11.7. The first-order valence-corrected chi connectivity index (χ1v) is 7.39. The van der Waals surface area contributed by atoms with Crippen LogP contribution in [0.15, 0.2) is 28.7 Å². The van der Waals surface area contributed by atoms with Crippen molar-refractivity contribution in [1.82, 2.24) is 10.3 Å². The molecule has 0 aliphatic rings. The molecular formula is C16H22N2O4. The summed E-state index contributed by atoms with van der Waals surface area (Å²) in [7, 11) is 1.61. The van der Waals surface area contributed by atoms with Crippen molar-refractivity contribution in [2.24, 2.45) is 0 Å². The molecule has 0 bridgehead atoms. The van der Waals surface area contributed by atoms with Crippen LogP contribution in [0.2, 0.25) is 0 Å². The average molecular weight is 306 g/mol. The summed E-state index contributed by atoms with van der Waals surface area (Å²) in [4.78, 5) is 16.1. The third-order valence-electron chi connectivity index (χ3n) is 3.24. The number of nitrogens with one attached hydrogen (secondary N) is 1. The normalized spacial score (nSPS) is 12.5. The summed E-state index contributed by atoms with van der Waals surface area (Å²) in [5.41, 5.74) is 1.60. The number of oxazole rings is 1. The number of ether oxygens (including phenoxy) is 2. The molecule has 1 aromatic heterocycles. The smallest absolute Gasteiger partial charge is 0.222 e. The molecule has 0 aliphatic heterocycles. The Hall–Kier alpha value is -1.92. The molecule has 6 heteroatoms. The van der Waals surface area contributed by atoms with Gasteiger partial charge in [0.2, 0.25) is 5.91 Å². The average Bonchev–Trinajstić information content (AvgIpc) is 2.96. The highest BCUT2D eigenvalue weighted by molar-refractivity contribution is 5.76. The monoisotopic (exact) mass is 306 g/mol. The maximum atomic E-state index is 11.7. The summed E-state index contributed by atoms with van der Waals surface area (Å²) in [6, 6.07) is 7.62. The second-order valence-electron chi connectivity index (χ2n) is 5.08. The second kappa shape index (κ2) is 8.51. The lowest BCUT2D eigenvalue weighted by Crippen LogP contribution is -2.28. The van der Waals surface area contributed by atoms with E-state index in [1.807, 2.05) is 31.2 Å². The van der Waals surface area contributed by atoms with Crippen LogP contribution in [-0.4, -0.2) is 44.4 Å². The Kier molecular flexibility index (Phi) is 6.36. The fourth-order valence-corrected chi connectivity index (χ4v) is 1.95. The van der Waals surface area contributed by atoms with Gasteiger partial charge in [-0.25, -0.2) is 4.98 Å². The molecule has 6 nitrogen and oxygen atoms in total. The number of benzene rings is 1. The minimum atomic E-state index is -0.0413. The van der Waals surface area contributed by atoms with Crippen molar-refractivity contribution < 1.29 is 18.7 Å². The van der Waals surface area contributed by atoms with Crippen molar-refractivity contribution in [3.05, 3.63) is 30.2 Å². The van der Waals surface area contributed by atoms with E-state index in [0.29, 0.717) is 38.7 Å². The molecule has 22 heavy (non-hydrogen) atoms. The minimum Gasteiger partial charge on any atom is -0.440 e. The molecule has 1 N–H and O–H groups in total. The van der Waals surface area contributed by atoms with Gasteiger partial charge < -0.3 is 19.2 Å². The van der Waals surface area contributed by atoms with Gasteiger partial charge in [0.1, 0.15) is 5.52 Å². The van der Waals surface area contributed by atoms with E-state index in [1.165, 1.54) is 0 Å². The third-order valence-corrected chi connectivity index (χ3v) is 3.24. The van der Waals surface area contributed by atoms with Gasteiger partial charge in [-0.15, -0.1) is 0 Å². The first-order chi connectivity index (χ1) is 10.7. The van der Waals surface area contributed by atoms with Crippen LogP contribution in [0.25, 0.3) is 11.1 Å². The molecule has 2 rings (SSSR count). The van der Waals surface area contributed by atoms with E-state index >= 15 is 0 Å². The van der Waals surface area contributed by atoms with Gasteiger partial charge in [-0.05, 0) is 12.1 Å². The quantitative estimate of drug-likeness (QED) is 0.718. The summed E-state index contributed by atoms with van der Waals surface area (Å²) in [6.07, 6.45) is 0.337. The minimum absolute atomic E-state index is 0.0192. The summed E-state index contributed by atoms with van der Waals surface area (Å²) in [5.74, 6) is 0.615. The SMILES string of the molecule is COCCOCCC(=O)NCC(C)c1nc2ccccc2o1. The first kappa shape index (κ1) is 16.5. The molecular weight excluding hydrogens is 284 g/mol. The van der Waals surface area contributed by atoms with Crippen molar-refractivity contribution in [3.8, 4) is 0 Å². The zero-order valence-corrected chi connectivity index (χ0v) is 13.0. The number of carbonyl (C=O) groups excluding carboxylic acids is 1. The predicted molar refractivity (Wildman–Crippen MR) is 82.7 cm³/mol. The van der Waals surface area contributed by atoms with E-state index in [-0.39, 0.29) is 11.8 Å². The second-order valence-corrected chi connectivity index (χ2v) is 5.08. The van der Waals surface area contributed by atoms with Gasteiger partial charge >= 0.3 is 0 Å². The lowest BCUT2D eigenvalue weighted by atomic mass is 10.2. The fraction of sp³-hybridized carbons (Fsp3) is 0.500.